The van der Waals surface area contributed by atoms with Gasteiger partial charge in [0.25, 0.3) is 5.91 Å². The molecule has 3 aromatic rings. The van der Waals surface area contributed by atoms with Crippen molar-refractivity contribution in [3.05, 3.63) is 36.4 Å². The maximum Gasteiger partial charge on any atom is 0.273 e. The van der Waals surface area contributed by atoms with E-state index in [1.165, 1.54) is 11.3 Å². The highest BCUT2D eigenvalue weighted by molar-refractivity contribution is 7.22. The van der Waals surface area contributed by atoms with Crippen LogP contribution in [0.1, 0.15) is 0 Å². The van der Waals surface area contributed by atoms with Crippen molar-refractivity contribution in [3.63, 3.8) is 0 Å². The van der Waals surface area contributed by atoms with Gasteiger partial charge in [-0.2, -0.15) is 0 Å². The zero-order chi connectivity index (χ0) is 20.7. The number of likely N-dealkylation sites (N-methyl/N-ethyl adjacent to an activating group) is 1. The molecule has 0 fully saturated rings. The number of hydrogen-bond donors (Lipinski definition) is 0. The molecule has 0 spiro atoms. The molecule has 0 aliphatic carbocycles. The number of amides is 1. The van der Waals surface area contributed by atoms with Crippen molar-refractivity contribution in [1.82, 2.24) is 9.88 Å². The SMILES string of the molecule is CN(C)CCN(C(=O)[C@@H]1COc2ccccc2O1)c1nc2cc3c(cc2s1)OCO3. The summed E-state index contributed by atoms with van der Waals surface area (Å²) in [7, 11) is 3.94. The second-order valence-electron chi connectivity index (χ2n) is 7.33. The van der Waals surface area contributed by atoms with Gasteiger partial charge in [0, 0.05) is 25.2 Å². The zero-order valence-corrected chi connectivity index (χ0v) is 17.5. The molecular weight excluding hydrogens is 406 g/mol. The van der Waals surface area contributed by atoms with Gasteiger partial charge in [-0.25, -0.2) is 4.98 Å². The first-order valence-electron chi connectivity index (χ1n) is 9.63. The Balaban J connectivity index is 1.45. The average molecular weight is 427 g/mol. The van der Waals surface area contributed by atoms with E-state index < -0.39 is 6.10 Å². The van der Waals surface area contributed by atoms with E-state index in [1.54, 1.807) is 11.0 Å². The fraction of sp³-hybridized carbons (Fsp3) is 0.333. The fourth-order valence-corrected chi connectivity index (χ4v) is 4.34. The first-order chi connectivity index (χ1) is 14.6. The molecular formula is C21H21N3O5S. The Kier molecular flexibility index (Phi) is 4.84. The third-order valence-electron chi connectivity index (χ3n) is 4.92. The summed E-state index contributed by atoms with van der Waals surface area (Å²) in [5, 5.41) is 0.614. The Hall–Kier alpha value is -3.04. The van der Waals surface area contributed by atoms with Crippen LogP contribution in [-0.2, 0) is 4.79 Å². The van der Waals surface area contributed by atoms with Crippen molar-refractivity contribution in [2.45, 2.75) is 6.10 Å². The number of rotatable bonds is 5. The molecule has 2 aliphatic rings. The predicted octanol–water partition coefficient (Wildman–Crippen LogP) is 2.76. The van der Waals surface area contributed by atoms with Crippen molar-refractivity contribution < 1.29 is 23.7 Å². The van der Waals surface area contributed by atoms with E-state index in [0.717, 1.165) is 10.2 Å². The van der Waals surface area contributed by atoms with Gasteiger partial charge < -0.3 is 23.8 Å². The standard InChI is InChI=1S/C21H21N3O5S/c1-23(2)7-8-24(20(25)18-11-26-14-5-3-4-6-15(14)29-18)21-22-13-9-16-17(28-12-27-16)10-19(13)30-21/h3-6,9-10,18H,7-8,11-12H2,1-2H3/t18-/m0/s1. The topological polar surface area (TPSA) is 73.4 Å². The van der Waals surface area contributed by atoms with Gasteiger partial charge in [0.1, 0.15) is 6.61 Å². The molecule has 0 saturated heterocycles. The largest absolute Gasteiger partial charge is 0.485 e. The van der Waals surface area contributed by atoms with Crippen LogP contribution in [0.25, 0.3) is 10.2 Å². The third-order valence-corrected chi connectivity index (χ3v) is 5.96. The fourth-order valence-electron chi connectivity index (χ4n) is 3.34. The Bertz CT molecular complexity index is 1060. The van der Waals surface area contributed by atoms with Gasteiger partial charge in [-0.3, -0.25) is 9.69 Å². The number of fused-ring (bicyclic) bond motifs is 3. The molecule has 8 nitrogen and oxygen atoms in total. The number of thiazole rings is 1. The number of ether oxygens (including phenoxy) is 4. The Morgan fingerprint density at radius 3 is 2.63 bits per heavy atom. The second-order valence-corrected chi connectivity index (χ2v) is 8.34. The van der Waals surface area contributed by atoms with Crippen molar-refractivity contribution in [2.24, 2.45) is 0 Å². The van der Waals surface area contributed by atoms with Crippen LogP contribution in [0.2, 0.25) is 0 Å². The van der Waals surface area contributed by atoms with Crippen LogP contribution in [0.15, 0.2) is 36.4 Å². The molecule has 2 aromatic carbocycles. The summed E-state index contributed by atoms with van der Waals surface area (Å²) >= 11 is 1.44. The van der Waals surface area contributed by atoms with E-state index in [2.05, 4.69) is 0 Å². The number of nitrogens with zero attached hydrogens (tertiary/aromatic N) is 3. The molecule has 9 heteroatoms. The number of carbonyl (C=O) groups is 1. The molecule has 0 N–H and O–H groups in total. The van der Waals surface area contributed by atoms with Crippen LogP contribution in [-0.4, -0.2) is 62.5 Å². The lowest BCUT2D eigenvalue weighted by Crippen LogP contribution is -2.48. The van der Waals surface area contributed by atoms with E-state index in [9.17, 15) is 4.79 Å². The number of carbonyl (C=O) groups excluding carboxylic acids is 1. The van der Waals surface area contributed by atoms with Gasteiger partial charge in [0.15, 0.2) is 28.1 Å². The first kappa shape index (κ1) is 19.0. The van der Waals surface area contributed by atoms with Crippen molar-refractivity contribution in [1.29, 1.82) is 0 Å². The molecule has 0 bridgehead atoms. The molecule has 30 heavy (non-hydrogen) atoms. The summed E-state index contributed by atoms with van der Waals surface area (Å²) in [4.78, 5) is 21.8. The smallest absolute Gasteiger partial charge is 0.273 e. The maximum absolute atomic E-state index is 13.4. The van der Waals surface area contributed by atoms with Crippen molar-refractivity contribution >= 4 is 32.6 Å². The van der Waals surface area contributed by atoms with E-state index in [0.29, 0.717) is 41.2 Å². The molecule has 1 amide bonds. The quantitative estimate of drug-likeness (QED) is 0.620. The molecule has 2 aliphatic heterocycles. The minimum absolute atomic E-state index is 0.162. The Morgan fingerprint density at radius 2 is 1.83 bits per heavy atom. The van der Waals surface area contributed by atoms with Crippen LogP contribution in [0.4, 0.5) is 5.13 Å². The lowest BCUT2D eigenvalue weighted by molar-refractivity contribution is -0.127. The van der Waals surface area contributed by atoms with Gasteiger partial charge in [0.2, 0.25) is 12.9 Å². The van der Waals surface area contributed by atoms with E-state index in [4.69, 9.17) is 23.9 Å². The van der Waals surface area contributed by atoms with E-state index in [1.807, 2.05) is 49.3 Å². The van der Waals surface area contributed by atoms with Crippen LogP contribution in [0, 0.1) is 0 Å². The van der Waals surface area contributed by atoms with Gasteiger partial charge in [-0.05, 0) is 26.2 Å². The lowest BCUT2D eigenvalue weighted by Gasteiger charge is -2.30. The van der Waals surface area contributed by atoms with E-state index in [-0.39, 0.29) is 19.3 Å². The van der Waals surface area contributed by atoms with Gasteiger partial charge in [-0.15, -0.1) is 0 Å². The molecule has 156 valence electrons. The molecule has 5 rings (SSSR count). The van der Waals surface area contributed by atoms with Crippen LogP contribution < -0.4 is 23.8 Å². The molecule has 0 saturated carbocycles. The number of hydrogen-bond acceptors (Lipinski definition) is 8. The number of aromatic nitrogens is 1. The summed E-state index contributed by atoms with van der Waals surface area (Å²) in [6.07, 6.45) is -0.731. The summed E-state index contributed by atoms with van der Waals surface area (Å²) in [5.41, 5.74) is 0.771. The zero-order valence-electron chi connectivity index (χ0n) is 16.7. The lowest BCUT2D eigenvalue weighted by atomic mass is 10.2. The molecule has 3 heterocycles. The van der Waals surface area contributed by atoms with Gasteiger partial charge in [0.05, 0.1) is 10.2 Å². The van der Waals surface area contributed by atoms with Crippen LogP contribution >= 0.6 is 11.3 Å². The van der Waals surface area contributed by atoms with Gasteiger partial charge >= 0.3 is 0 Å². The number of benzene rings is 2. The average Bonchev–Trinajstić information content (AvgIpc) is 3.37. The normalized spacial score (nSPS) is 16.8. The highest BCUT2D eigenvalue weighted by Gasteiger charge is 2.33. The number of para-hydroxylation sites is 2. The third kappa shape index (κ3) is 3.50. The summed E-state index contributed by atoms with van der Waals surface area (Å²) in [6.45, 7) is 1.55. The number of anilines is 1. The highest BCUT2D eigenvalue weighted by atomic mass is 32.1. The Labute approximate surface area is 177 Å². The maximum atomic E-state index is 13.4. The van der Waals surface area contributed by atoms with Crippen LogP contribution in [0.3, 0.4) is 0 Å². The Morgan fingerprint density at radius 1 is 1.07 bits per heavy atom. The van der Waals surface area contributed by atoms with Crippen molar-refractivity contribution in [2.75, 3.05) is 45.5 Å². The summed E-state index contributed by atoms with van der Waals surface area (Å²) in [5.74, 6) is 2.42. The van der Waals surface area contributed by atoms with Gasteiger partial charge in [-0.1, -0.05) is 23.5 Å². The molecule has 0 radical (unpaired) electrons. The molecule has 1 atom stereocenters. The second kappa shape index (κ2) is 7.66. The minimum Gasteiger partial charge on any atom is -0.485 e. The molecule has 0 unspecified atom stereocenters. The molecule has 1 aromatic heterocycles. The summed E-state index contributed by atoms with van der Waals surface area (Å²) in [6, 6.07) is 11.1. The predicted molar refractivity (Wildman–Crippen MR) is 113 cm³/mol. The van der Waals surface area contributed by atoms with E-state index >= 15 is 0 Å². The highest BCUT2D eigenvalue weighted by Crippen LogP contribution is 2.40. The first-order valence-corrected chi connectivity index (χ1v) is 10.4. The van der Waals surface area contributed by atoms with Crippen LogP contribution in [0.5, 0.6) is 23.0 Å². The summed E-state index contributed by atoms with van der Waals surface area (Å²) < 4.78 is 23.5. The minimum atomic E-state index is -0.731. The monoisotopic (exact) mass is 427 g/mol. The van der Waals surface area contributed by atoms with Crippen molar-refractivity contribution in [3.8, 4) is 23.0 Å².